The molecule has 3 aromatic rings. The molecule has 6 nitrogen and oxygen atoms in total. The summed E-state index contributed by atoms with van der Waals surface area (Å²) >= 11 is 11.6. The van der Waals surface area contributed by atoms with E-state index in [9.17, 15) is 14.0 Å². The molecule has 9 heteroatoms. The minimum Gasteiger partial charge on any atom is -0.497 e. The fourth-order valence-corrected chi connectivity index (χ4v) is 4.42. The smallest absolute Gasteiger partial charge is 0.256 e. The van der Waals surface area contributed by atoms with E-state index >= 15 is 0 Å². The summed E-state index contributed by atoms with van der Waals surface area (Å²) in [6.07, 6.45) is 0.506. The lowest BCUT2D eigenvalue weighted by Gasteiger charge is -2.24. The number of ether oxygens (including phenoxy) is 1. The molecule has 0 aromatic heterocycles. The van der Waals surface area contributed by atoms with Gasteiger partial charge in [-0.1, -0.05) is 23.7 Å². The summed E-state index contributed by atoms with van der Waals surface area (Å²) in [6, 6.07) is 19.1. The van der Waals surface area contributed by atoms with Gasteiger partial charge in [0.15, 0.2) is 5.11 Å². The van der Waals surface area contributed by atoms with Gasteiger partial charge in [0, 0.05) is 17.3 Å². The monoisotopic (exact) mass is 511 g/mol. The van der Waals surface area contributed by atoms with E-state index < -0.39 is 11.9 Å². The number of halogens is 2. The molecule has 35 heavy (non-hydrogen) atoms. The van der Waals surface area contributed by atoms with Crippen LogP contribution in [0.4, 0.5) is 15.8 Å². The quantitative estimate of drug-likeness (QED) is 0.428. The summed E-state index contributed by atoms with van der Waals surface area (Å²) in [5.41, 5.74) is 2.06. The maximum atomic E-state index is 13.5. The maximum absolute atomic E-state index is 13.5. The van der Waals surface area contributed by atoms with E-state index in [2.05, 4.69) is 5.32 Å². The van der Waals surface area contributed by atoms with Gasteiger partial charge in [-0.15, -0.1) is 0 Å². The lowest BCUT2D eigenvalue weighted by atomic mass is 10.1. The number of amides is 2. The molecular weight excluding hydrogens is 489 g/mol. The number of nitrogens with one attached hydrogen (secondary N) is 1. The van der Waals surface area contributed by atoms with Crippen LogP contribution in [0.15, 0.2) is 72.8 Å². The van der Waals surface area contributed by atoms with Crippen LogP contribution in [0.5, 0.6) is 5.75 Å². The number of benzene rings is 3. The average molecular weight is 512 g/mol. The van der Waals surface area contributed by atoms with Gasteiger partial charge in [0.25, 0.3) is 5.91 Å². The number of methoxy groups -OCH3 is 1. The van der Waals surface area contributed by atoms with Crippen molar-refractivity contribution in [2.24, 2.45) is 0 Å². The fourth-order valence-electron chi connectivity index (χ4n) is 3.88. The molecule has 180 valence electrons. The van der Waals surface area contributed by atoms with Crippen LogP contribution in [0.1, 0.15) is 12.0 Å². The van der Waals surface area contributed by atoms with E-state index in [1.807, 2.05) is 24.3 Å². The van der Waals surface area contributed by atoms with Crippen molar-refractivity contribution in [2.45, 2.75) is 18.9 Å². The minimum absolute atomic E-state index is 0.0953. The van der Waals surface area contributed by atoms with Crippen molar-refractivity contribution in [1.82, 2.24) is 4.90 Å². The topological polar surface area (TPSA) is 61.9 Å². The number of hydrogen-bond acceptors (Lipinski definition) is 4. The van der Waals surface area contributed by atoms with E-state index in [-0.39, 0.29) is 23.3 Å². The van der Waals surface area contributed by atoms with Crippen molar-refractivity contribution in [3.05, 3.63) is 89.2 Å². The highest BCUT2D eigenvalue weighted by molar-refractivity contribution is 7.80. The van der Waals surface area contributed by atoms with Gasteiger partial charge in [-0.25, -0.2) is 4.39 Å². The largest absolute Gasteiger partial charge is 0.497 e. The lowest BCUT2D eigenvalue weighted by molar-refractivity contribution is -0.124. The Morgan fingerprint density at radius 1 is 1.06 bits per heavy atom. The predicted octanol–water partition coefficient (Wildman–Crippen LogP) is 5.06. The van der Waals surface area contributed by atoms with Crippen LogP contribution in [-0.2, 0) is 16.0 Å². The summed E-state index contributed by atoms with van der Waals surface area (Å²) in [5.74, 6) is -0.326. The highest BCUT2D eigenvalue weighted by Gasteiger charge is 2.43. The summed E-state index contributed by atoms with van der Waals surface area (Å²) in [4.78, 5) is 29.4. The molecule has 1 atom stereocenters. The van der Waals surface area contributed by atoms with Gasteiger partial charge >= 0.3 is 0 Å². The van der Waals surface area contributed by atoms with Crippen molar-refractivity contribution in [3.8, 4) is 5.75 Å². The van der Waals surface area contributed by atoms with Gasteiger partial charge in [0.2, 0.25) is 5.91 Å². The second-order valence-corrected chi connectivity index (χ2v) is 8.80. The second kappa shape index (κ2) is 10.8. The maximum Gasteiger partial charge on any atom is 0.256 e. The Hall–Kier alpha value is -3.49. The number of thiocarbonyl (C=S) groups is 1. The van der Waals surface area contributed by atoms with Gasteiger partial charge in [0.05, 0.1) is 19.2 Å². The van der Waals surface area contributed by atoms with E-state index in [1.165, 1.54) is 29.2 Å². The van der Waals surface area contributed by atoms with Crippen molar-refractivity contribution in [3.63, 3.8) is 0 Å². The third-order valence-corrected chi connectivity index (χ3v) is 6.38. The van der Waals surface area contributed by atoms with Crippen LogP contribution < -0.4 is 15.0 Å². The Morgan fingerprint density at radius 2 is 1.71 bits per heavy atom. The number of carbonyl (C=O) groups is 2. The van der Waals surface area contributed by atoms with Crippen LogP contribution in [0, 0.1) is 5.82 Å². The Bertz CT molecular complexity index is 1220. The number of nitrogens with zero attached hydrogens (tertiary/aromatic N) is 2. The third-order valence-electron chi connectivity index (χ3n) is 5.71. The Labute approximate surface area is 213 Å². The number of rotatable bonds is 8. The van der Waals surface area contributed by atoms with E-state index in [0.29, 0.717) is 29.4 Å². The molecule has 1 N–H and O–H groups in total. The number of anilines is 2. The molecule has 0 unspecified atom stereocenters. The van der Waals surface area contributed by atoms with Gasteiger partial charge in [0.1, 0.15) is 17.6 Å². The van der Waals surface area contributed by atoms with Crippen LogP contribution >= 0.6 is 23.8 Å². The Morgan fingerprint density at radius 3 is 2.34 bits per heavy atom. The molecule has 1 aliphatic rings. The summed E-state index contributed by atoms with van der Waals surface area (Å²) in [7, 11) is 1.60. The Kier molecular flexibility index (Phi) is 7.63. The van der Waals surface area contributed by atoms with Gasteiger partial charge in [-0.2, -0.15) is 0 Å². The predicted molar refractivity (Wildman–Crippen MR) is 138 cm³/mol. The normalized spacial score (nSPS) is 15.5. The zero-order valence-electron chi connectivity index (χ0n) is 18.9. The zero-order chi connectivity index (χ0) is 24.9. The first kappa shape index (κ1) is 24.6. The molecule has 1 aliphatic heterocycles. The molecule has 0 bridgehead atoms. The first-order valence-corrected chi connectivity index (χ1v) is 11.7. The van der Waals surface area contributed by atoms with Crippen molar-refractivity contribution in [2.75, 3.05) is 23.9 Å². The molecule has 0 aliphatic carbocycles. The molecule has 0 spiro atoms. The molecule has 0 saturated carbocycles. The Balaban J connectivity index is 1.54. The molecular formula is C26H23ClFN3O3S. The van der Waals surface area contributed by atoms with Crippen LogP contribution in [0.25, 0.3) is 0 Å². The summed E-state index contributed by atoms with van der Waals surface area (Å²) < 4.78 is 18.7. The van der Waals surface area contributed by atoms with E-state index in [0.717, 1.165) is 11.3 Å². The molecule has 1 heterocycles. The fraction of sp³-hybridized carbons (Fsp3) is 0.192. The third kappa shape index (κ3) is 5.78. The lowest BCUT2D eigenvalue weighted by Crippen LogP contribution is -2.39. The summed E-state index contributed by atoms with van der Waals surface area (Å²) in [5, 5.41) is 3.63. The van der Waals surface area contributed by atoms with Gasteiger partial charge in [-0.05, 0) is 84.9 Å². The van der Waals surface area contributed by atoms with Gasteiger partial charge < -0.3 is 15.0 Å². The van der Waals surface area contributed by atoms with Crippen LogP contribution in [0.2, 0.25) is 5.02 Å². The highest BCUT2D eigenvalue weighted by Crippen LogP contribution is 2.28. The van der Waals surface area contributed by atoms with Crippen molar-refractivity contribution in [1.29, 1.82) is 0 Å². The van der Waals surface area contributed by atoms with Gasteiger partial charge in [-0.3, -0.25) is 14.5 Å². The standard InChI is InChI=1S/C26H23ClFN3O3S/c1-34-22-12-2-17(3-13-22)14-15-30-23(16-24(32)29-20-8-4-18(27)5-9-20)25(33)31(26(30)35)21-10-6-19(28)7-11-21/h2-13,23H,14-16H2,1H3,(H,29,32)/t23-/m0/s1. The van der Waals surface area contributed by atoms with Crippen molar-refractivity contribution >= 4 is 52.1 Å². The minimum atomic E-state index is -0.793. The van der Waals surface area contributed by atoms with Crippen molar-refractivity contribution < 1.29 is 18.7 Å². The summed E-state index contributed by atoms with van der Waals surface area (Å²) in [6.45, 7) is 0.424. The number of hydrogen-bond donors (Lipinski definition) is 1. The molecule has 0 radical (unpaired) electrons. The number of carbonyl (C=O) groups excluding carboxylic acids is 2. The first-order chi connectivity index (χ1) is 16.9. The molecule has 4 rings (SSSR count). The zero-order valence-corrected chi connectivity index (χ0v) is 20.5. The molecule has 1 fully saturated rings. The van der Waals surface area contributed by atoms with Crippen LogP contribution in [0.3, 0.4) is 0 Å². The first-order valence-electron chi connectivity index (χ1n) is 10.9. The second-order valence-electron chi connectivity index (χ2n) is 8.00. The molecule has 2 amide bonds. The molecule has 3 aromatic carbocycles. The molecule has 1 saturated heterocycles. The SMILES string of the molecule is COc1ccc(CCN2C(=S)N(c3ccc(F)cc3)C(=O)[C@@H]2CC(=O)Nc2ccc(Cl)cc2)cc1. The average Bonchev–Trinajstić information content (AvgIpc) is 3.08. The van der Waals surface area contributed by atoms with E-state index in [4.69, 9.17) is 28.6 Å². The van der Waals surface area contributed by atoms with E-state index in [1.54, 1.807) is 36.3 Å². The highest BCUT2D eigenvalue weighted by atomic mass is 35.5. The van der Waals surface area contributed by atoms with Crippen LogP contribution in [-0.4, -0.2) is 41.5 Å².